The summed E-state index contributed by atoms with van der Waals surface area (Å²) in [5, 5.41) is 21.2. The first-order chi connectivity index (χ1) is 16.5. The van der Waals surface area contributed by atoms with E-state index in [0.29, 0.717) is 25.2 Å². The molecule has 9 nitrogen and oxygen atoms in total. The molecule has 0 spiro atoms. The van der Waals surface area contributed by atoms with Crippen LogP contribution in [0.15, 0.2) is 30.7 Å². The third-order valence-electron chi connectivity index (χ3n) is 6.86. The van der Waals surface area contributed by atoms with Gasteiger partial charge in [0.15, 0.2) is 5.82 Å². The SMILES string of the molecule is C[C@H](O)CNC1CCC(Oc2cc(Nc3ccn([C@@H]4CCCOC4)n3)c3ncn(C)c3c2)CC1. The van der Waals surface area contributed by atoms with Crippen LogP contribution in [0.5, 0.6) is 5.75 Å². The van der Waals surface area contributed by atoms with Crippen LogP contribution >= 0.6 is 0 Å². The minimum absolute atomic E-state index is 0.189. The number of rotatable bonds is 8. The van der Waals surface area contributed by atoms with Gasteiger partial charge in [-0.3, -0.25) is 4.68 Å². The highest BCUT2D eigenvalue weighted by Crippen LogP contribution is 2.33. The van der Waals surface area contributed by atoms with Crippen LogP contribution in [0.2, 0.25) is 0 Å². The average Bonchev–Trinajstić information content (AvgIpc) is 3.46. The molecule has 2 fully saturated rings. The molecule has 1 aromatic carbocycles. The fourth-order valence-electron chi connectivity index (χ4n) is 4.96. The summed E-state index contributed by atoms with van der Waals surface area (Å²) in [6.45, 7) is 4.02. The number of hydrogen-bond donors (Lipinski definition) is 3. The Balaban J connectivity index is 1.28. The van der Waals surface area contributed by atoms with E-state index in [4.69, 9.17) is 14.6 Å². The number of nitrogens with one attached hydrogen (secondary N) is 2. The van der Waals surface area contributed by atoms with Crippen LogP contribution in [0.4, 0.5) is 11.5 Å². The van der Waals surface area contributed by atoms with E-state index in [-0.39, 0.29) is 12.2 Å². The highest BCUT2D eigenvalue weighted by atomic mass is 16.5. The minimum Gasteiger partial charge on any atom is -0.490 e. The predicted octanol–water partition coefficient (Wildman–Crippen LogP) is 3.53. The van der Waals surface area contributed by atoms with Crippen LogP contribution < -0.4 is 15.4 Å². The molecular weight excluding hydrogens is 432 g/mol. The molecule has 2 aromatic heterocycles. The summed E-state index contributed by atoms with van der Waals surface area (Å²) in [4.78, 5) is 4.61. The van der Waals surface area contributed by atoms with Gasteiger partial charge in [-0.15, -0.1) is 0 Å². The number of anilines is 2. The van der Waals surface area contributed by atoms with Gasteiger partial charge in [-0.2, -0.15) is 5.10 Å². The molecular formula is C25H36N6O3. The van der Waals surface area contributed by atoms with Gasteiger partial charge in [0.2, 0.25) is 0 Å². The van der Waals surface area contributed by atoms with E-state index in [0.717, 1.165) is 73.4 Å². The molecule has 0 amide bonds. The Bertz CT molecular complexity index is 1080. The standard InChI is InChI=1S/C25H36N6O3/c1-17(32)14-26-18-5-7-20(8-6-18)34-21-12-22(25-23(13-21)30(2)16-27-25)28-24-9-10-31(29-24)19-4-3-11-33-15-19/h9-10,12-13,16-20,26,32H,3-8,11,14-15H2,1-2H3,(H,28,29)/t17-,18?,19+,20?/m0/s1. The summed E-state index contributed by atoms with van der Waals surface area (Å²) in [7, 11) is 2.00. The van der Waals surface area contributed by atoms with E-state index in [1.165, 1.54) is 0 Å². The lowest BCUT2D eigenvalue weighted by atomic mass is 9.93. The van der Waals surface area contributed by atoms with Crippen molar-refractivity contribution in [3.63, 3.8) is 0 Å². The molecule has 1 saturated carbocycles. The summed E-state index contributed by atoms with van der Waals surface area (Å²) in [5.41, 5.74) is 2.81. The van der Waals surface area contributed by atoms with Crippen LogP contribution in [0, 0.1) is 0 Å². The maximum Gasteiger partial charge on any atom is 0.152 e. The number of hydrogen-bond acceptors (Lipinski definition) is 7. The summed E-state index contributed by atoms with van der Waals surface area (Å²) in [6.07, 6.45) is 9.98. The first kappa shape index (κ1) is 23.1. The number of fused-ring (bicyclic) bond motifs is 1. The molecule has 0 unspecified atom stereocenters. The number of ether oxygens (including phenoxy) is 2. The lowest BCUT2D eigenvalue weighted by Crippen LogP contribution is -2.39. The Morgan fingerprint density at radius 1 is 1.24 bits per heavy atom. The highest BCUT2D eigenvalue weighted by Gasteiger charge is 2.23. The lowest BCUT2D eigenvalue weighted by Gasteiger charge is -2.30. The monoisotopic (exact) mass is 468 g/mol. The van der Waals surface area contributed by atoms with E-state index >= 15 is 0 Å². The van der Waals surface area contributed by atoms with Gasteiger partial charge in [-0.05, 0) is 45.4 Å². The van der Waals surface area contributed by atoms with Gasteiger partial charge in [0.1, 0.15) is 11.3 Å². The number of aliphatic hydroxyl groups excluding tert-OH is 1. The van der Waals surface area contributed by atoms with Crippen molar-refractivity contribution >= 4 is 22.5 Å². The lowest BCUT2D eigenvalue weighted by molar-refractivity contribution is 0.0550. The van der Waals surface area contributed by atoms with Gasteiger partial charge in [-0.25, -0.2) is 4.98 Å². The first-order valence-electron chi connectivity index (χ1n) is 12.5. The van der Waals surface area contributed by atoms with Crippen LogP contribution in [0.1, 0.15) is 51.5 Å². The van der Waals surface area contributed by atoms with E-state index in [2.05, 4.69) is 21.7 Å². The smallest absolute Gasteiger partial charge is 0.152 e. The molecule has 3 heterocycles. The molecule has 3 aromatic rings. The quantitative estimate of drug-likeness (QED) is 0.465. The van der Waals surface area contributed by atoms with Crippen LogP contribution in [-0.2, 0) is 11.8 Å². The van der Waals surface area contributed by atoms with Crippen molar-refractivity contribution in [3.8, 4) is 5.75 Å². The number of imidazole rings is 1. The molecule has 184 valence electrons. The van der Waals surface area contributed by atoms with Gasteiger partial charge in [-0.1, -0.05) is 0 Å². The summed E-state index contributed by atoms with van der Waals surface area (Å²) in [5.74, 6) is 1.64. The van der Waals surface area contributed by atoms with Crippen molar-refractivity contribution in [2.75, 3.05) is 25.1 Å². The topological polar surface area (TPSA) is 98.4 Å². The molecule has 0 bridgehead atoms. The largest absolute Gasteiger partial charge is 0.490 e. The number of nitrogens with zero attached hydrogens (tertiary/aromatic N) is 4. The normalized spacial score (nSPS) is 24.3. The zero-order chi connectivity index (χ0) is 23.5. The van der Waals surface area contributed by atoms with Gasteiger partial charge in [0, 0.05) is 50.6 Å². The zero-order valence-corrected chi connectivity index (χ0v) is 20.1. The van der Waals surface area contributed by atoms with Crippen molar-refractivity contribution in [2.24, 2.45) is 7.05 Å². The van der Waals surface area contributed by atoms with E-state index in [9.17, 15) is 5.11 Å². The van der Waals surface area contributed by atoms with Gasteiger partial charge in [0.05, 0.1) is 42.4 Å². The molecule has 3 N–H and O–H groups in total. The van der Waals surface area contributed by atoms with Crippen LogP contribution in [-0.4, -0.2) is 62.4 Å². The zero-order valence-electron chi connectivity index (χ0n) is 20.1. The Kier molecular flexibility index (Phi) is 7.03. The Labute approximate surface area is 200 Å². The highest BCUT2D eigenvalue weighted by molar-refractivity contribution is 5.91. The third kappa shape index (κ3) is 5.37. The molecule has 2 atom stereocenters. The minimum atomic E-state index is -0.312. The molecule has 2 aliphatic rings. The fourth-order valence-corrected chi connectivity index (χ4v) is 4.96. The molecule has 0 radical (unpaired) electrons. The summed E-state index contributed by atoms with van der Waals surface area (Å²) in [6, 6.07) is 6.85. The van der Waals surface area contributed by atoms with Crippen molar-refractivity contribution in [1.29, 1.82) is 0 Å². The maximum absolute atomic E-state index is 9.51. The van der Waals surface area contributed by atoms with Crippen molar-refractivity contribution in [1.82, 2.24) is 24.6 Å². The van der Waals surface area contributed by atoms with Crippen molar-refractivity contribution in [3.05, 3.63) is 30.7 Å². The van der Waals surface area contributed by atoms with Crippen LogP contribution in [0.3, 0.4) is 0 Å². The van der Waals surface area contributed by atoms with E-state index in [1.807, 2.05) is 47.9 Å². The molecule has 34 heavy (non-hydrogen) atoms. The van der Waals surface area contributed by atoms with Gasteiger partial charge < -0.3 is 29.8 Å². The second-order valence-corrected chi connectivity index (χ2v) is 9.72. The number of benzene rings is 1. The average molecular weight is 469 g/mol. The van der Waals surface area contributed by atoms with Gasteiger partial charge in [0.25, 0.3) is 0 Å². The predicted molar refractivity (Wildman–Crippen MR) is 132 cm³/mol. The van der Waals surface area contributed by atoms with Crippen molar-refractivity contribution in [2.45, 2.75) is 69.7 Å². The first-order valence-corrected chi connectivity index (χ1v) is 12.5. The Hall–Kier alpha value is -2.62. The van der Waals surface area contributed by atoms with Gasteiger partial charge >= 0.3 is 0 Å². The fraction of sp³-hybridized carbons (Fsp3) is 0.600. The second-order valence-electron chi connectivity index (χ2n) is 9.72. The number of aryl methyl sites for hydroxylation is 1. The van der Waals surface area contributed by atoms with Crippen molar-refractivity contribution < 1.29 is 14.6 Å². The molecule has 1 saturated heterocycles. The van der Waals surface area contributed by atoms with E-state index in [1.54, 1.807) is 0 Å². The number of aliphatic hydroxyl groups is 1. The molecule has 1 aliphatic heterocycles. The second kappa shape index (κ2) is 10.3. The maximum atomic E-state index is 9.51. The third-order valence-corrected chi connectivity index (χ3v) is 6.86. The number of aromatic nitrogens is 4. The molecule has 9 heteroatoms. The molecule has 1 aliphatic carbocycles. The van der Waals surface area contributed by atoms with E-state index < -0.39 is 0 Å². The summed E-state index contributed by atoms with van der Waals surface area (Å²) < 4.78 is 16.1. The Morgan fingerprint density at radius 2 is 2.09 bits per heavy atom. The Morgan fingerprint density at radius 3 is 2.85 bits per heavy atom. The summed E-state index contributed by atoms with van der Waals surface area (Å²) >= 11 is 0. The van der Waals surface area contributed by atoms with Crippen LogP contribution in [0.25, 0.3) is 11.0 Å². The molecule has 5 rings (SSSR count).